The first-order valence-corrected chi connectivity index (χ1v) is 8.48. The number of rotatable bonds is 4. The molecule has 3 rings (SSSR count). The molecule has 1 aromatic heterocycles. The van der Waals surface area contributed by atoms with Gasteiger partial charge in [-0.2, -0.15) is 0 Å². The Morgan fingerprint density at radius 3 is 2.74 bits per heavy atom. The molecule has 2 N–H and O–H groups in total. The van der Waals surface area contributed by atoms with Crippen LogP contribution in [0.5, 0.6) is 0 Å². The van der Waals surface area contributed by atoms with Gasteiger partial charge in [-0.3, -0.25) is 9.59 Å². The predicted molar refractivity (Wildman–Crippen MR) is 101 cm³/mol. The summed E-state index contributed by atoms with van der Waals surface area (Å²) in [6.07, 6.45) is -0.196. The average Bonchev–Trinajstić information content (AvgIpc) is 2.68. The molecule has 1 heterocycles. The SMILES string of the molecule is O=C(Cc1noc2ccc(C#CCO)cc2c1=O)NCc1ccc(Cl)cc1. The van der Waals surface area contributed by atoms with Gasteiger partial charge in [0.05, 0.1) is 11.8 Å². The number of benzene rings is 2. The van der Waals surface area contributed by atoms with E-state index in [1.165, 1.54) is 0 Å². The van der Waals surface area contributed by atoms with Gasteiger partial charge < -0.3 is 14.9 Å². The minimum absolute atomic E-state index is 0.0170. The Labute approximate surface area is 159 Å². The van der Waals surface area contributed by atoms with Gasteiger partial charge >= 0.3 is 0 Å². The third kappa shape index (κ3) is 4.73. The lowest BCUT2D eigenvalue weighted by Gasteiger charge is -2.05. The predicted octanol–water partition coefficient (Wildman–Crippen LogP) is 2.04. The molecule has 3 aromatic rings. The molecule has 0 saturated heterocycles. The number of amides is 1. The Kier molecular flexibility index (Phi) is 5.87. The van der Waals surface area contributed by atoms with E-state index in [-0.39, 0.29) is 35.4 Å². The second-order valence-corrected chi connectivity index (χ2v) is 6.15. The van der Waals surface area contributed by atoms with Crippen LogP contribution in [-0.4, -0.2) is 22.8 Å². The van der Waals surface area contributed by atoms with Crippen molar-refractivity contribution < 1.29 is 14.4 Å². The molecule has 7 heteroatoms. The van der Waals surface area contributed by atoms with Crippen LogP contribution in [0.4, 0.5) is 0 Å². The van der Waals surface area contributed by atoms with Crippen LogP contribution in [0.2, 0.25) is 5.02 Å². The highest BCUT2D eigenvalue weighted by Crippen LogP contribution is 2.12. The summed E-state index contributed by atoms with van der Waals surface area (Å²) in [5.41, 5.74) is 1.39. The summed E-state index contributed by atoms with van der Waals surface area (Å²) in [6, 6.07) is 11.9. The smallest absolute Gasteiger partial charge is 0.226 e. The van der Waals surface area contributed by atoms with E-state index < -0.39 is 0 Å². The molecular weight excluding hydrogens is 368 g/mol. The van der Waals surface area contributed by atoms with Gasteiger partial charge in [0, 0.05) is 17.1 Å². The lowest BCUT2D eigenvalue weighted by molar-refractivity contribution is -0.120. The summed E-state index contributed by atoms with van der Waals surface area (Å²) in [6.45, 7) is 0.0395. The second-order valence-electron chi connectivity index (χ2n) is 5.71. The number of carbonyl (C=O) groups is 1. The zero-order valence-corrected chi connectivity index (χ0v) is 14.9. The molecule has 136 valence electrons. The fourth-order valence-corrected chi connectivity index (χ4v) is 2.56. The molecule has 6 nitrogen and oxygen atoms in total. The van der Waals surface area contributed by atoms with Crippen molar-refractivity contribution in [2.75, 3.05) is 6.61 Å². The van der Waals surface area contributed by atoms with Gasteiger partial charge in [0.1, 0.15) is 12.3 Å². The standard InChI is InChI=1S/C20H15ClN2O4/c21-15-6-3-14(4-7-15)12-22-19(25)11-17-20(26)16-10-13(2-1-9-24)5-8-18(16)27-23-17/h3-8,10,24H,9,11-12H2,(H,22,25). The highest BCUT2D eigenvalue weighted by atomic mass is 35.5. The Morgan fingerprint density at radius 2 is 2.00 bits per heavy atom. The number of nitrogens with zero attached hydrogens (tertiary/aromatic N) is 1. The summed E-state index contributed by atoms with van der Waals surface area (Å²) in [7, 11) is 0. The molecule has 27 heavy (non-hydrogen) atoms. The van der Waals surface area contributed by atoms with Gasteiger partial charge in [-0.25, -0.2) is 0 Å². The van der Waals surface area contributed by atoms with Crippen LogP contribution in [0.3, 0.4) is 0 Å². The number of fused-ring (bicyclic) bond motifs is 1. The first-order valence-electron chi connectivity index (χ1n) is 8.10. The number of nitrogens with one attached hydrogen (secondary N) is 1. The normalized spacial score (nSPS) is 10.3. The van der Waals surface area contributed by atoms with Gasteiger partial charge in [-0.05, 0) is 35.9 Å². The van der Waals surface area contributed by atoms with Crippen molar-refractivity contribution in [2.24, 2.45) is 0 Å². The van der Waals surface area contributed by atoms with Crippen molar-refractivity contribution in [2.45, 2.75) is 13.0 Å². The molecule has 1 amide bonds. The summed E-state index contributed by atoms with van der Waals surface area (Å²) < 4.78 is 5.22. The quantitative estimate of drug-likeness (QED) is 0.674. The van der Waals surface area contributed by atoms with Crippen LogP contribution in [0.15, 0.2) is 51.8 Å². The molecule has 0 unspecified atom stereocenters. The molecule has 0 saturated carbocycles. The minimum atomic E-state index is -0.384. The fraction of sp³-hybridized carbons (Fsp3) is 0.150. The lowest BCUT2D eigenvalue weighted by Crippen LogP contribution is -2.27. The Hall–Kier alpha value is -3.14. The zero-order chi connectivity index (χ0) is 19.2. The molecule has 2 aromatic carbocycles. The number of aliphatic hydroxyl groups excluding tert-OH is 1. The van der Waals surface area contributed by atoms with Crippen molar-refractivity contribution in [1.29, 1.82) is 0 Å². The Morgan fingerprint density at radius 1 is 1.22 bits per heavy atom. The molecule has 0 atom stereocenters. The minimum Gasteiger partial charge on any atom is -0.384 e. The first-order chi connectivity index (χ1) is 13.1. The van der Waals surface area contributed by atoms with Crippen LogP contribution >= 0.6 is 11.6 Å². The number of aromatic nitrogens is 1. The summed E-state index contributed by atoms with van der Waals surface area (Å²) >= 11 is 5.82. The second kappa shape index (κ2) is 8.49. The van der Waals surface area contributed by atoms with Crippen LogP contribution in [0.1, 0.15) is 16.8 Å². The number of hydrogen-bond acceptors (Lipinski definition) is 5. The van der Waals surface area contributed by atoms with Crippen LogP contribution in [0.25, 0.3) is 11.0 Å². The van der Waals surface area contributed by atoms with Crippen LogP contribution in [0, 0.1) is 11.8 Å². The van der Waals surface area contributed by atoms with Crippen molar-refractivity contribution >= 4 is 28.5 Å². The zero-order valence-electron chi connectivity index (χ0n) is 14.2. The van der Waals surface area contributed by atoms with E-state index >= 15 is 0 Å². The maximum absolute atomic E-state index is 12.6. The van der Waals surface area contributed by atoms with E-state index in [1.54, 1.807) is 42.5 Å². The van der Waals surface area contributed by atoms with Gasteiger partial charge in [-0.1, -0.05) is 40.7 Å². The van der Waals surface area contributed by atoms with Gasteiger partial charge in [0.2, 0.25) is 11.3 Å². The number of hydrogen-bond donors (Lipinski definition) is 2. The summed E-state index contributed by atoms with van der Waals surface area (Å²) in [5, 5.41) is 16.2. The van der Waals surface area contributed by atoms with E-state index in [0.29, 0.717) is 22.7 Å². The van der Waals surface area contributed by atoms with Gasteiger partial charge in [-0.15, -0.1) is 0 Å². The Balaban J connectivity index is 1.75. The molecule has 0 spiro atoms. The van der Waals surface area contributed by atoms with E-state index in [4.69, 9.17) is 21.2 Å². The number of halogens is 1. The Bertz CT molecular complexity index is 1090. The van der Waals surface area contributed by atoms with Gasteiger partial charge in [0.25, 0.3) is 0 Å². The third-order valence-electron chi connectivity index (χ3n) is 3.78. The fourth-order valence-electron chi connectivity index (χ4n) is 2.44. The van der Waals surface area contributed by atoms with Crippen LogP contribution < -0.4 is 10.7 Å². The number of carbonyl (C=O) groups excluding carboxylic acids is 1. The molecule has 0 radical (unpaired) electrons. The van der Waals surface area contributed by atoms with Crippen molar-refractivity contribution in [1.82, 2.24) is 10.5 Å². The molecule has 0 aliphatic carbocycles. The maximum Gasteiger partial charge on any atom is 0.226 e. The first kappa shape index (κ1) is 18.6. The third-order valence-corrected chi connectivity index (χ3v) is 4.04. The van der Waals surface area contributed by atoms with Crippen molar-refractivity contribution in [3.8, 4) is 11.8 Å². The number of aliphatic hydroxyl groups is 1. The van der Waals surface area contributed by atoms with Crippen LogP contribution in [-0.2, 0) is 17.8 Å². The summed E-state index contributed by atoms with van der Waals surface area (Å²) in [5.74, 6) is 4.90. The largest absolute Gasteiger partial charge is 0.384 e. The highest BCUT2D eigenvalue weighted by Gasteiger charge is 2.13. The lowest BCUT2D eigenvalue weighted by atomic mass is 10.1. The molecule has 0 fully saturated rings. The van der Waals surface area contributed by atoms with Gasteiger partial charge in [0.15, 0.2) is 5.58 Å². The topological polar surface area (TPSA) is 92.4 Å². The summed E-state index contributed by atoms with van der Waals surface area (Å²) in [4.78, 5) is 24.7. The molecule has 0 aliphatic rings. The molecule has 0 aliphatic heterocycles. The van der Waals surface area contributed by atoms with E-state index in [9.17, 15) is 9.59 Å². The average molecular weight is 383 g/mol. The maximum atomic E-state index is 12.6. The van der Waals surface area contributed by atoms with Crippen molar-refractivity contribution in [3.05, 3.63) is 74.5 Å². The van der Waals surface area contributed by atoms with Crippen molar-refractivity contribution in [3.63, 3.8) is 0 Å². The van der Waals surface area contributed by atoms with E-state index in [2.05, 4.69) is 22.3 Å². The monoisotopic (exact) mass is 382 g/mol. The van der Waals surface area contributed by atoms with E-state index in [1.807, 2.05) is 0 Å². The molecular formula is C20H15ClN2O4. The molecule has 0 bridgehead atoms. The van der Waals surface area contributed by atoms with E-state index in [0.717, 1.165) is 5.56 Å². The highest BCUT2D eigenvalue weighted by molar-refractivity contribution is 6.30.